The monoisotopic (exact) mass is 210 g/mol. The molecule has 15 heavy (non-hydrogen) atoms. The van der Waals surface area contributed by atoms with Crippen LogP contribution in [0.15, 0.2) is 6.20 Å². The lowest BCUT2D eigenvalue weighted by molar-refractivity contribution is 0.170. The fraction of sp³-hybridized carbons (Fsp3) is 0.600. The molecular weight excluding hydrogens is 192 g/mol. The molecule has 1 rings (SSSR count). The van der Waals surface area contributed by atoms with Gasteiger partial charge in [0, 0.05) is 30.3 Å². The molecule has 1 aromatic rings. The minimum atomic E-state index is -0.174. The predicted molar refractivity (Wildman–Crippen MR) is 60.5 cm³/mol. The van der Waals surface area contributed by atoms with Gasteiger partial charge in [0.15, 0.2) is 0 Å². The van der Waals surface area contributed by atoms with E-state index >= 15 is 0 Å². The number of nitrogens with one attached hydrogen (secondary N) is 1. The number of aliphatic hydroxyl groups is 1. The van der Waals surface area contributed by atoms with Crippen LogP contribution < -0.4 is 11.1 Å². The van der Waals surface area contributed by atoms with Crippen molar-refractivity contribution in [1.82, 2.24) is 9.97 Å². The Labute approximate surface area is 89.7 Å². The van der Waals surface area contributed by atoms with Crippen LogP contribution in [-0.2, 0) is 0 Å². The third-order valence-electron chi connectivity index (χ3n) is 2.15. The Kier molecular flexibility index (Phi) is 3.47. The highest BCUT2D eigenvalue weighted by Crippen LogP contribution is 2.17. The number of aliphatic hydroxyl groups excluding tert-OH is 1. The highest BCUT2D eigenvalue weighted by molar-refractivity contribution is 5.45. The second-order valence-corrected chi connectivity index (χ2v) is 4.44. The molecule has 0 aliphatic rings. The predicted octanol–water partition coefficient (Wildman–Crippen LogP) is 0.798. The van der Waals surface area contributed by atoms with Crippen LogP contribution in [0.2, 0.25) is 0 Å². The highest BCUT2D eigenvalue weighted by Gasteiger charge is 2.16. The van der Waals surface area contributed by atoms with Gasteiger partial charge in [0.05, 0.1) is 0 Å². The molecule has 0 saturated carbocycles. The number of aryl methyl sites for hydroxylation is 1. The van der Waals surface area contributed by atoms with E-state index in [4.69, 9.17) is 10.8 Å². The summed E-state index contributed by atoms with van der Waals surface area (Å²) >= 11 is 0. The lowest BCUT2D eigenvalue weighted by Gasteiger charge is -2.22. The molecule has 0 amide bonds. The Hall–Kier alpha value is -1.36. The molecule has 1 heterocycles. The molecular formula is C10H18N4O. The SMILES string of the molecule is Cc1cnc(N)nc1NCC(C)(C)CO. The van der Waals surface area contributed by atoms with Crippen LogP contribution in [0.1, 0.15) is 19.4 Å². The maximum atomic E-state index is 9.10. The van der Waals surface area contributed by atoms with Gasteiger partial charge in [-0.3, -0.25) is 0 Å². The number of anilines is 2. The molecule has 5 heteroatoms. The maximum absolute atomic E-state index is 9.10. The van der Waals surface area contributed by atoms with Crippen LogP contribution in [0.5, 0.6) is 0 Å². The first-order valence-corrected chi connectivity index (χ1v) is 4.88. The number of aromatic nitrogens is 2. The summed E-state index contributed by atoms with van der Waals surface area (Å²) in [6.07, 6.45) is 1.68. The summed E-state index contributed by atoms with van der Waals surface area (Å²) in [5.74, 6) is 0.980. The zero-order chi connectivity index (χ0) is 11.5. The molecule has 0 radical (unpaired) electrons. The Morgan fingerprint density at radius 2 is 2.20 bits per heavy atom. The van der Waals surface area contributed by atoms with Gasteiger partial charge < -0.3 is 16.2 Å². The minimum absolute atomic E-state index is 0.125. The number of nitrogens with two attached hydrogens (primary N) is 1. The van der Waals surface area contributed by atoms with Gasteiger partial charge in [-0.1, -0.05) is 13.8 Å². The smallest absolute Gasteiger partial charge is 0.221 e. The summed E-state index contributed by atoms with van der Waals surface area (Å²) in [7, 11) is 0. The van der Waals surface area contributed by atoms with Crippen molar-refractivity contribution in [2.24, 2.45) is 5.41 Å². The quantitative estimate of drug-likeness (QED) is 0.684. The molecule has 0 saturated heterocycles. The van der Waals surface area contributed by atoms with Crippen molar-refractivity contribution in [3.63, 3.8) is 0 Å². The Balaban J connectivity index is 2.69. The standard InChI is InChI=1S/C10H18N4O/c1-7-4-12-9(11)14-8(7)13-5-10(2,3)6-15/h4,15H,5-6H2,1-3H3,(H3,11,12,13,14). The van der Waals surface area contributed by atoms with Gasteiger partial charge >= 0.3 is 0 Å². The first-order chi connectivity index (χ1) is 6.94. The zero-order valence-electron chi connectivity index (χ0n) is 9.41. The van der Waals surface area contributed by atoms with Gasteiger partial charge in [-0.05, 0) is 6.92 Å². The summed E-state index contributed by atoms with van der Waals surface area (Å²) in [5.41, 5.74) is 6.26. The van der Waals surface area contributed by atoms with Gasteiger partial charge in [0.25, 0.3) is 0 Å². The second kappa shape index (κ2) is 4.44. The largest absolute Gasteiger partial charge is 0.396 e. The summed E-state index contributed by atoms with van der Waals surface area (Å²) in [6.45, 7) is 6.62. The second-order valence-electron chi connectivity index (χ2n) is 4.44. The Morgan fingerprint density at radius 3 is 2.80 bits per heavy atom. The summed E-state index contributed by atoms with van der Waals surface area (Å²) in [4.78, 5) is 7.97. The van der Waals surface area contributed by atoms with E-state index in [9.17, 15) is 0 Å². The van der Waals surface area contributed by atoms with E-state index in [0.717, 1.165) is 11.4 Å². The molecule has 0 bridgehead atoms. The van der Waals surface area contributed by atoms with Gasteiger partial charge in [0.2, 0.25) is 5.95 Å². The molecule has 0 spiro atoms. The molecule has 0 fully saturated rings. The minimum Gasteiger partial charge on any atom is -0.396 e. The van der Waals surface area contributed by atoms with E-state index in [1.54, 1.807) is 6.20 Å². The molecule has 0 atom stereocenters. The topological polar surface area (TPSA) is 84.1 Å². The van der Waals surface area contributed by atoms with Crippen molar-refractivity contribution >= 4 is 11.8 Å². The summed E-state index contributed by atoms with van der Waals surface area (Å²) < 4.78 is 0. The van der Waals surface area contributed by atoms with E-state index in [2.05, 4.69) is 15.3 Å². The van der Waals surface area contributed by atoms with E-state index < -0.39 is 0 Å². The van der Waals surface area contributed by atoms with Crippen molar-refractivity contribution in [1.29, 1.82) is 0 Å². The van der Waals surface area contributed by atoms with Crippen LogP contribution >= 0.6 is 0 Å². The molecule has 4 N–H and O–H groups in total. The number of hydrogen-bond donors (Lipinski definition) is 3. The van der Waals surface area contributed by atoms with Gasteiger partial charge in [0.1, 0.15) is 5.82 Å². The van der Waals surface area contributed by atoms with Crippen molar-refractivity contribution in [3.05, 3.63) is 11.8 Å². The number of rotatable bonds is 4. The van der Waals surface area contributed by atoms with Crippen LogP contribution in [0.4, 0.5) is 11.8 Å². The van der Waals surface area contributed by atoms with Crippen LogP contribution in [0.25, 0.3) is 0 Å². The average molecular weight is 210 g/mol. The van der Waals surface area contributed by atoms with Crippen LogP contribution in [-0.4, -0.2) is 28.2 Å². The molecule has 5 nitrogen and oxygen atoms in total. The normalized spacial score (nSPS) is 11.5. The van der Waals surface area contributed by atoms with E-state index in [1.165, 1.54) is 0 Å². The average Bonchev–Trinajstić information content (AvgIpc) is 2.20. The molecule has 0 aliphatic carbocycles. The van der Waals surface area contributed by atoms with Crippen molar-refractivity contribution in [3.8, 4) is 0 Å². The van der Waals surface area contributed by atoms with Crippen molar-refractivity contribution in [2.75, 3.05) is 24.2 Å². The molecule has 0 aliphatic heterocycles. The van der Waals surface area contributed by atoms with E-state index in [-0.39, 0.29) is 18.0 Å². The summed E-state index contributed by atoms with van der Waals surface area (Å²) in [5, 5.41) is 12.3. The number of hydrogen-bond acceptors (Lipinski definition) is 5. The number of nitrogen functional groups attached to an aromatic ring is 1. The molecule has 84 valence electrons. The van der Waals surface area contributed by atoms with Gasteiger partial charge in [-0.15, -0.1) is 0 Å². The van der Waals surface area contributed by atoms with Crippen LogP contribution in [0, 0.1) is 12.3 Å². The Morgan fingerprint density at radius 1 is 1.53 bits per heavy atom. The third kappa shape index (κ3) is 3.36. The fourth-order valence-corrected chi connectivity index (χ4v) is 1.01. The number of nitrogens with zero attached hydrogens (tertiary/aromatic N) is 2. The first-order valence-electron chi connectivity index (χ1n) is 4.88. The molecule has 0 unspecified atom stereocenters. The van der Waals surface area contributed by atoms with Crippen molar-refractivity contribution in [2.45, 2.75) is 20.8 Å². The lowest BCUT2D eigenvalue weighted by Crippen LogP contribution is -2.27. The highest BCUT2D eigenvalue weighted by atomic mass is 16.3. The fourth-order valence-electron chi connectivity index (χ4n) is 1.01. The third-order valence-corrected chi connectivity index (χ3v) is 2.15. The maximum Gasteiger partial charge on any atom is 0.221 e. The molecule has 1 aromatic heterocycles. The zero-order valence-corrected chi connectivity index (χ0v) is 9.41. The first kappa shape index (κ1) is 11.7. The lowest BCUT2D eigenvalue weighted by atomic mass is 9.95. The van der Waals surface area contributed by atoms with Crippen LogP contribution in [0.3, 0.4) is 0 Å². The van der Waals surface area contributed by atoms with Crippen molar-refractivity contribution < 1.29 is 5.11 Å². The van der Waals surface area contributed by atoms with Gasteiger partial charge in [-0.2, -0.15) is 4.98 Å². The van der Waals surface area contributed by atoms with E-state index in [1.807, 2.05) is 20.8 Å². The summed E-state index contributed by atoms with van der Waals surface area (Å²) in [6, 6.07) is 0. The van der Waals surface area contributed by atoms with E-state index in [0.29, 0.717) is 6.54 Å². The van der Waals surface area contributed by atoms with Gasteiger partial charge in [-0.25, -0.2) is 4.98 Å². The Bertz CT molecular complexity index is 338. The molecule has 0 aromatic carbocycles.